The number of hydrogen-bond donors (Lipinski definition) is 2. The minimum Gasteiger partial charge on any atom is -0.389 e. The van der Waals surface area contributed by atoms with E-state index in [9.17, 15) is 0 Å². The molecule has 1 aliphatic rings. The molecule has 1 heterocycles. The van der Waals surface area contributed by atoms with Gasteiger partial charge in [-0.2, -0.15) is 0 Å². The van der Waals surface area contributed by atoms with Gasteiger partial charge in [0.25, 0.3) is 0 Å². The van der Waals surface area contributed by atoms with Crippen LogP contribution in [0.15, 0.2) is 12.3 Å². The summed E-state index contributed by atoms with van der Waals surface area (Å²) in [4.78, 5) is 4.75. The van der Waals surface area contributed by atoms with Gasteiger partial charge in [0.15, 0.2) is 0 Å². The second-order valence-electron chi connectivity index (χ2n) is 4.91. The van der Waals surface area contributed by atoms with Crippen LogP contribution in [-0.4, -0.2) is 16.5 Å². The van der Waals surface area contributed by atoms with Gasteiger partial charge in [0.1, 0.15) is 10.8 Å². The summed E-state index contributed by atoms with van der Waals surface area (Å²) in [5, 5.41) is 3.38. The van der Waals surface area contributed by atoms with E-state index in [0.717, 1.165) is 29.4 Å². The van der Waals surface area contributed by atoms with Crippen molar-refractivity contribution in [3.05, 3.63) is 23.4 Å². The molecule has 1 fully saturated rings. The van der Waals surface area contributed by atoms with Gasteiger partial charge in [-0.05, 0) is 43.2 Å². The number of nitrogens with zero attached hydrogens (tertiary/aromatic N) is 1. The summed E-state index contributed by atoms with van der Waals surface area (Å²) in [5.41, 5.74) is 7.70. The molecule has 1 saturated carbocycles. The zero-order chi connectivity index (χ0) is 12.4. The third-order valence-electron chi connectivity index (χ3n) is 3.42. The molecule has 0 radical (unpaired) electrons. The number of thiocarbonyl (C=S) groups is 1. The molecule has 1 atom stereocenters. The molecule has 0 spiro atoms. The first-order valence-corrected chi connectivity index (χ1v) is 6.49. The van der Waals surface area contributed by atoms with Crippen LogP contribution in [0.1, 0.15) is 30.9 Å². The Bertz CT molecular complexity index is 427. The zero-order valence-electron chi connectivity index (χ0n) is 10.4. The van der Waals surface area contributed by atoms with Gasteiger partial charge in [-0.15, -0.1) is 0 Å². The van der Waals surface area contributed by atoms with Crippen molar-refractivity contribution in [2.75, 3.05) is 11.9 Å². The van der Waals surface area contributed by atoms with Crippen molar-refractivity contribution in [3.63, 3.8) is 0 Å². The number of aromatic nitrogens is 1. The normalized spacial score (nSPS) is 16.6. The lowest BCUT2D eigenvalue weighted by molar-refractivity contribution is 0.536. The number of pyridine rings is 1. The fourth-order valence-corrected chi connectivity index (χ4v) is 2.35. The predicted molar refractivity (Wildman–Crippen MR) is 75.2 cm³/mol. The highest BCUT2D eigenvalue weighted by Gasteiger charge is 2.27. The highest BCUT2D eigenvalue weighted by atomic mass is 32.1. The van der Waals surface area contributed by atoms with Gasteiger partial charge in [-0.25, -0.2) is 4.98 Å². The van der Waals surface area contributed by atoms with Crippen molar-refractivity contribution in [1.82, 2.24) is 4.98 Å². The highest BCUT2D eigenvalue weighted by molar-refractivity contribution is 7.80. The summed E-state index contributed by atoms with van der Waals surface area (Å²) in [6, 6.07) is 1.93. The molecule has 0 saturated heterocycles. The summed E-state index contributed by atoms with van der Waals surface area (Å²) < 4.78 is 0. The van der Waals surface area contributed by atoms with Gasteiger partial charge in [-0.3, -0.25) is 0 Å². The van der Waals surface area contributed by atoms with Gasteiger partial charge in [-0.1, -0.05) is 19.1 Å². The molecule has 0 amide bonds. The molecule has 1 aromatic heterocycles. The molecule has 0 bridgehead atoms. The first-order valence-electron chi connectivity index (χ1n) is 6.09. The van der Waals surface area contributed by atoms with Crippen molar-refractivity contribution >= 4 is 23.0 Å². The van der Waals surface area contributed by atoms with Crippen molar-refractivity contribution in [2.45, 2.75) is 26.7 Å². The summed E-state index contributed by atoms with van der Waals surface area (Å²) in [5.74, 6) is 2.40. The molecule has 1 aromatic rings. The summed E-state index contributed by atoms with van der Waals surface area (Å²) in [6.45, 7) is 5.23. The first kappa shape index (κ1) is 12.3. The van der Waals surface area contributed by atoms with Crippen molar-refractivity contribution in [1.29, 1.82) is 0 Å². The third kappa shape index (κ3) is 2.94. The van der Waals surface area contributed by atoms with Crippen LogP contribution in [0.25, 0.3) is 0 Å². The van der Waals surface area contributed by atoms with E-state index in [0.29, 0.717) is 10.9 Å². The average molecular weight is 249 g/mol. The Kier molecular flexibility index (Phi) is 3.62. The standard InChI is InChI=1S/C13H19N3S/c1-8-5-6-15-13(11(8)12(14)17)16-7-9(2)10-3-4-10/h5-6,9-10H,3-4,7H2,1-2H3,(H2,14,17)(H,15,16). The lowest BCUT2D eigenvalue weighted by atomic mass is 10.1. The third-order valence-corrected chi connectivity index (χ3v) is 3.63. The Hall–Kier alpha value is -1.16. The van der Waals surface area contributed by atoms with Crippen LogP contribution in [0.3, 0.4) is 0 Å². The Morgan fingerprint density at radius 2 is 2.35 bits per heavy atom. The molecule has 0 aromatic carbocycles. The highest BCUT2D eigenvalue weighted by Crippen LogP contribution is 2.36. The van der Waals surface area contributed by atoms with Gasteiger partial charge < -0.3 is 11.1 Å². The molecule has 1 aliphatic carbocycles. The Balaban J connectivity index is 2.08. The number of nitrogens with two attached hydrogens (primary N) is 1. The number of rotatable bonds is 5. The molecule has 92 valence electrons. The smallest absolute Gasteiger partial charge is 0.136 e. The van der Waals surface area contributed by atoms with Crippen LogP contribution in [-0.2, 0) is 0 Å². The molecule has 4 heteroatoms. The van der Waals surface area contributed by atoms with Crippen LogP contribution in [0.4, 0.5) is 5.82 Å². The van der Waals surface area contributed by atoms with Crippen LogP contribution in [0.5, 0.6) is 0 Å². The number of nitrogens with one attached hydrogen (secondary N) is 1. The maximum Gasteiger partial charge on any atom is 0.136 e. The number of anilines is 1. The van der Waals surface area contributed by atoms with E-state index >= 15 is 0 Å². The van der Waals surface area contributed by atoms with Crippen molar-refractivity contribution < 1.29 is 0 Å². The van der Waals surface area contributed by atoms with E-state index in [1.807, 2.05) is 13.0 Å². The van der Waals surface area contributed by atoms with E-state index in [-0.39, 0.29) is 0 Å². The predicted octanol–water partition coefficient (Wildman–Crippen LogP) is 2.48. The number of hydrogen-bond acceptors (Lipinski definition) is 3. The SMILES string of the molecule is Cc1ccnc(NCC(C)C2CC2)c1C(N)=S. The largest absolute Gasteiger partial charge is 0.389 e. The van der Waals surface area contributed by atoms with Crippen LogP contribution < -0.4 is 11.1 Å². The van der Waals surface area contributed by atoms with Gasteiger partial charge in [0.05, 0.1) is 5.56 Å². The summed E-state index contributed by atoms with van der Waals surface area (Å²) in [7, 11) is 0. The molecular weight excluding hydrogens is 230 g/mol. The zero-order valence-corrected chi connectivity index (χ0v) is 11.2. The van der Waals surface area contributed by atoms with Gasteiger partial charge in [0, 0.05) is 12.7 Å². The van der Waals surface area contributed by atoms with E-state index < -0.39 is 0 Å². The minimum atomic E-state index is 0.414. The van der Waals surface area contributed by atoms with E-state index in [1.165, 1.54) is 12.8 Å². The van der Waals surface area contributed by atoms with Crippen LogP contribution in [0, 0.1) is 18.8 Å². The Morgan fingerprint density at radius 3 is 2.94 bits per heavy atom. The molecule has 2 rings (SSSR count). The minimum absolute atomic E-state index is 0.414. The Morgan fingerprint density at radius 1 is 1.65 bits per heavy atom. The molecule has 1 unspecified atom stereocenters. The summed E-state index contributed by atoms with van der Waals surface area (Å²) >= 11 is 5.08. The molecule has 17 heavy (non-hydrogen) atoms. The van der Waals surface area contributed by atoms with E-state index in [4.69, 9.17) is 18.0 Å². The van der Waals surface area contributed by atoms with Crippen LogP contribution in [0.2, 0.25) is 0 Å². The molecule has 3 N–H and O–H groups in total. The maximum atomic E-state index is 5.75. The fraction of sp³-hybridized carbons (Fsp3) is 0.538. The second-order valence-corrected chi connectivity index (χ2v) is 5.35. The topological polar surface area (TPSA) is 50.9 Å². The van der Waals surface area contributed by atoms with Gasteiger partial charge in [0.2, 0.25) is 0 Å². The van der Waals surface area contributed by atoms with Crippen molar-refractivity contribution in [3.8, 4) is 0 Å². The summed E-state index contributed by atoms with van der Waals surface area (Å²) in [6.07, 6.45) is 4.53. The maximum absolute atomic E-state index is 5.75. The monoisotopic (exact) mass is 249 g/mol. The number of aryl methyl sites for hydroxylation is 1. The second kappa shape index (κ2) is 5.00. The quantitative estimate of drug-likeness (QED) is 0.787. The lowest BCUT2D eigenvalue weighted by Crippen LogP contribution is -2.19. The van der Waals surface area contributed by atoms with E-state index in [2.05, 4.69) is 17.2 Å². The van der Waals surface area contributed by atoms with E-state index in [1.54, 1.807) is 6.20 Å². The lowest BCUT2D eigenvalue weighted by Gasteiger charge is -2.15. The van der Waals surface area contributed by atoms with Crippen molar-refractivity contribution in [2.24, 2.45) is 17.6 Å². The first-order chi connectivity index (χ1) is 8.09. The van der Waals surface area contributed by atoms with Crippen LogP contribution >= 0.6 is 12.2 Å². The Labute approximate surface area is 108 Å². The molecule has 3 nitrogen and oxygen atoms in total. The fourth-order valence-electron chi connectivity index (χ4n) is 2.09. The van der Waals surface area contributed by atoms with Gasteiger partial charge >= 0.3 is 0 Å². The molecule has 0 aliphatic heterocycles. The molecular formula is C13H19N3S. The average Bonchev–Trinajstić information content (AvgIpc) is 3.08.